The lowest BCUT2D eigenvalue weighted by molar-refractivity contribution is -0.126. The average molecular weight is 507 g/mol. The van der Waals surface area contributed by atoms with Crippen molar-refractivity contribution in [2.24, 2.45) is 0 Å². The molecular formula is C27H31ClN6O2. The predicted octanol–water partition coefficient (Wildman–Crippen LogP) is 4.57. The number of nitrogens with one attached hydrogen (secondary N) is 1. The largest absolute Gasteiger partial charge is 0.371 e. The van der Waals surface area contributed by atoms with Gasteiger partial charge in [0, 0.05) is 45.8 Å². The van der Waals surface area contributed by atoms with E-state index < -0.39 is 0 Å². The molecule has 3 aromatic rings. The van der Waals surface area contributed by atoms with Gasteiger partial charge >= 0.3 is 0 Å². The number of hydrogen-bond acceptors (Lipinski definition) is 5. The van der Waals surface area contributed by atoms with E-state index in [1.807, 2.05) is 47.8 Å². The molecule has 1 aromatic heterocycles. The number of benzene rings is 2. The third-order valence-electron chi connectivity index (χ3n) is 7.19. The van der Waals surface area contributed by atoms with E-state index in [4.69, 9.17) is 16.6 Å². The number of anilines is 3. The first-order chi connectivity index (χ1) is 17.4. The minimum atomic E-state index is -0.241. The zero-order valence-electron chi connectivity index (χ0n) is 20.7. The minimum Gasteiger partial charge on any atom is -0.371 e. The molecule has 188 valence electrons. The molecule has 2 aliphatic rings. The second-order valence-corrected chi connectivity index (χ2v) is 9.91. The van der Waals surface area contributed by atoms with Gasteiger partial charge in [0.1, 0.15) is 0 Å². The van der Waals surface area contributed by atoms with E-state index in [-0.39, 0.29) is 17.9 Å². The fourth-order valence-electron chi connectivity index (χ4n) is 5.24. The second kappa shape index (κ2) is 9.85. The monoisotopic (exact) mass is 506 g/mol. The highest BCUT2D eigenvalue weighted by molar-refractivity contribution is 6.39. The predicted molar refractivity (Wildman–Crippen MR) is 145 cm³/mol. The van der Waals surface area contributed by atoms with E-state index in [1.165, 1.54) is 6.08 Å². The standard InChI is InChI=1S/C27H31ClN6O2/c1-4-22(35)33-13-9-8-12-19(17-33)34-24-20(16-21-25(23(24)28)32(3)15-14-31(21)2)29-27(34)30-26(36)18-10-6-5-7-11-18/h4-7,10-11,16,19H,1,8-9,12-15,17H2,2-3H3,(H,29,30,36). The summed E-state index contributed by atoms with van der Waals surface area (Å²) in [7, 11) is 4.09. The van der Waals surface area contributed by atoms with Crippen LogP contribution in [0.25, 0.3) is 11.0 Å². The molecule has 2 aliphatic heterocycles. The molecule has 1 N–H and O–H groups in total. The molecule has 2 aromatic carbocycles. The van der Waals surface area contributed by atoms with E-state index in [9.17, 15) is 9.59 Å². The molecule has 8 nitrogen and oxygen atoms in total. The first-order valence-electron chi connectivity index (χ1n) is 12.3. The van der Waals surface area contributed by atoms with Crippen molar-refractivity contribution in [3.63, 3.8) is 0 Å². The third kappa shape index (κ3) is 4.30. The van der Waals surface area contributed by atoms with Crippen LogP contribution in [-0.2, 0) is 4.79 Å². The highest BCUT2D eigenvalue weighted by atomic mass is 35.5. The Bertz CT molecular complexity index is 1320. The Morgan fingerprint density at radius 3 is 2.61 bits per heavy atom. The number of carbonyl (C=O) groups excluding carboxylic acids is 2. The Balaban J connectivity index is 1.67. The highest BCUT2D eigenvalue weighted by Gasteiger charge is 2.31. The Labute approximate surface area is 216 Å². The van der Waals surface area contributed by atoms with Gasteiger partial charge in [-0.1, -0.05) is 36.4 Å². The van der Waals surface area contributed by atoms with E-state index in [1.54, 1.807) is 12.1 Å². The zero-order valence-corrected chi connectivity index (χ0v) is 21.5. The van der Waals surface area contributed by atoms with Crippen LogP contribution in [0.1, 0.15) is 35.7 Å². The van der Waals surface area contributed by atoms with Gasteiger partial charge in [-0.05, 0) is 43.5 Å². The van der Waals surface area contributed by atoms with Crippen molar-refractivity contribution < 1.29 is 9.59 Å². The van der Waals surface area contributed by atoms with Crippen LogP contribution in [0, 0.1) is 0 Å². The molecule has 0 saturated carbocycles. The van der Waals surface area contributed by atoms with Crippen LogP contribution < -0.4 is 15.1 Å². The van der Waals surface area contributed by atoms with Gasteiger partial charge < -0.3 is 19.3 Å². The summed E-state index contributed by atoms with van der Waals surface area (Å²) in [6, 6.07) is 11.0. The number of amides is 2. The lowest BCUT2D eigenvalue weighted by atomic mass is 10.1. The maximum absolute atomic E-state index is 13.2. The molecule has 0 radical (unpaired) electrons. The van der Waals surface area contributed by atoms with Gasteiger partial charge in [-0.3, -0.25) is 14.9 Å². The van der Waals surface area contributed by atoms with Crippen LogP contribution in [0.5, 0.6) is 0 Å². The second-order valence-electron chi connectivity index (χ2n) is 9.53. The summed E-state index contributed by atoms with van der Waals surface area (Å²) in [6.45, 7) is 6.58. The van der Waals surface area contributed by atoms with Crippen LogP contribution in [0.2, 0.25) is 5.02 Å². The number of imidazole rings is 1. The van der Waals surface area contributed by atoms with Gasteiger partial charge in [-0.15, -0.1) is 0 Å². The lowest BCUT2D eigenvalue weighted by Gasteiger charge is -2.35. The minimum absolute atomic E-state index is 0.0916. The maximum Gasteiger partial charge on any atom is 0.257 e. The molecule has 36 heavy (non-hydrogen) atoms. The molecular weight excluding hydrogens is 476 g/mol. The normalized spacial score (nSPS) is 18.1. The number of fused-ring (bicyclic) bond motifs is 2. The zero-order chi connectivity index (χ0) is 25.4. The van der Waals surface area contributed by atoms with Crippen molar-refractivity contribution in [3.05, 3.63) is 59.6 Å². The summed E-state index contributed by atoms with van der Waals surface area (Å²) in [4.78, 5) is 36.8. The Hall–Kier alpha value is -3.52. The molecule has 0 bridgehead atoms. The van der Waals surface area contributed by atoms with Crippen LogP contribution in [0.4, 0.5) is 17.3 Å². The van der Waals surface area contributed by atoms with Crippen molar-refractivity contribution in [2.75, 3.05) is 55.4 Å². The number of hydrogen-bond donors (Lipinski definition) is 1. The van der Waals surface area contributed by atoms with Crippen molar-refractivity contribution in [3.8, 4) is 0 Å². The molecule has 1 fully saturated rings. The molecule has 1 atom stereocenters. The number of carbonyl (C=O) groups is 2. The molecule has 0 aliphatic carbocycles. The number of likely N-dealkylation sites (tertiary alicyclic amines) is 1. The summed E-state index contributed by atoms with van der Waals surface area (Å²) >= 11 is 7.14. The van der Waals surface area contributed by atoms with Crippen LogP contribution in [-0.4, -0.2) is 66.5 Å². The molecule has 0 spiro atoms. The summed E-state index contributed by atoms with van der Waals surface area (Å²) < 4.78 is 2.04. The van der Waals surface area contributed by atoms with Gasteiger partial charge in [-0.25, -0.2) is 4.98 Å². The number of rotatable bonds is 4. The summed E-state index contributed by atoms with van der Waals surface area (Å²) in [5.41, 5.74) is 4.00. The summed E-state index contributed by atoms with van der Waals surface area (Å²) in [6.07, 6.45) is 4.05. The van der Waals surface area contributed by atoms with Crippen molar-refractivity contribution >= 4 is 51.8 Å². The number of likely N-dealkylation sites (N-methyl/N-ethyl adjacent to an activating group) is 2. The number of halogens is 1. The quantitative estimate of drug-likeness (QED) is 0.525. The van der Waals surface area contributed by atoms with Gasteiger partial charge in [-0.2, -0.15) is 0 Å². The molecule has 5 rings (SSSR count). The first kappa shape index (κ1) is 24.2. The van der Waals surface area contributed by atoms with E-state index in [2.05, 4.69) is 21.7 Å². The van der Waals surface area contributed by atoms with Gasteiger partial charge in [0.2, 0.25) is 11.9 Å². The van der Waals surface area contributed by atoms with Gasteiger partial charge in [0.05, 0.1) is 33.5 Å². The molecule has 1 unspecified atom stereocenters. The molecule has 1 saturated heterocycles. The van der Waals surface area contributed by atoms with E-state index in [0.29, 0.717) is 29.6 Å². The van der Waals surface area contributed by atoms with E-state index in [0.717, 1.165) is 54.8 Å². The van der Waals surface area contributed by atoms with Crippen molar-refractivity contribution in [1.29, 1.82) is 0 Å². The van der Waals surface area contributed by atoms with Crippen molar-refractivity contribution in [1.82, 2.24) is 14.5 Å². The highest BCUT2D eigenvalue weighted by Crippen LogP contribution is 2.45. The Kier molecular flexibility index (Phi) is 6.62. The van der Waals surface area contributed by atoms with Gasteiger partial charge in [0.15, 0.2) is 0 Å². The Morgan fingerprint density at radius 1 is 1.11 bits per heavy atom. The lowest BCUT2D eigenvalue weighted by Crippen LogP contribution is -2.37. The third-order valence-corrected chi connectivity index (χ3v) is 7.55. The molecule has 9 heteroatoms. The fourth-order valence-corrected chi connectivity index (χ4v) is 5.67. The Morgan fingerprint density at radius 2 is 1.86 bits per heavy atom. The average Bonchev–Trinajstić information content (AvgIpc) is 3.07. The molecule has 2 amide bonds. The van der Waals surface area contributed by atoms with Crippen LogP contribution >= 0.6 is 11.6 Å². The van der Waals surface area contributed by atoms with Gasteiger partial charge in [0.25, 0.3) is 5.91 Å². The van der Waals surface area contributed by atoms with E-state index >= 15 is 0 Å². The van der Waals surface area contributed by atoms with Crippen LogP contribution in [0.15, 0.2) is 49.1 Å². The number of nitrogens with zero attached hydrogens (tertiary/aromatic N) is 5. The topological polar surface area (TPSA) is 73.7 Å². The fraction of sp³-hybridized carbons (Fsp3) is 0.370. The first-order valence-corrected chi connectivity index (χ1v) is 12.7. The van der Waals surface area contributed by atoms with Crippen LogP contribution in [0.3, 0.4) is 0 Å². The summed E-state index contributed by atoms with van der Waals surface area (Å²) in [5, 5.41) is 3.64. The SMILES string of the molecule is C=CC(=O)N1CCCCC(n2c(NC(=O)c3ccccc3)nc3cc4c(c(Cl)c32)N(C)CCN4C)C1. The number of aromatic nitrogens is 2. The van der Waals surface area contributed by atoms with Crippen molar-refractivity contribution in [2.45, 2.75) is 25.3 Å². The summed E-state index contributed by atoms with van der Waals surface area (Å²) in [5.74, 6) is 0.104. The molecule has 3 heterocycles. The maximum atomic E-state index is 13.2. The smallest absolute Gasteiger partial charge is 0.257 e.